The number of nitrogens with two attached hydrogens (primary N) is 1. The van der Waals surface area contributed by atoms with Gasteiger partial charge in [-0.25, -0.2) is 0 Å². The van der Waals surface area contributed by atoms with Crippen molar-refractivity contribution >= 4 is 0 Å². The van der Waals surface area contributed by atoms with Crippen LogP contribution >= 0.6 is 0 Å². The fourth-order valence-corrected chi connectivity index (χ4v) is 5.16. The number of hydrogen-bond donors (Lipinski definition) is 2. The van der Waals surface area contributed by atoms with E-state index in [-0.39, 0.29) is 11.6 Å². The van der Waals surface area contributed by atoms with Crippen LogP contribution in [0.15, 0.2) is 18.2 Å². The van der Waals surface area contributed by atoms with Crippen molar-refractivity contribution in [1.29, 1.82) is 0 Å². The van der Waals surface area contributed by atoms with Crippen molar-refractivity contribution in [3.05, 3.63) is 34.9 Å². The zero-order chi connectivity index (χ0) is 18.6. The Hall–Kier alpha value is -0.860. The first-order chi connectivity index (χ1) is 12.5. The number of unbranched alkanes of at least 4 members (excludes halogenated alkanes) is 2. The van der Waals surface area contributed by atoms with Crippen LogP contribution in [0.2, 0.25) is 0 Å². The molecule has 3 rings (SSSR count). The van der Waals surface area contributed by atoms with E-state index in [2.05, 4.69) is 25.1 Å². The van der Waals surface area contributed by atoms with Crippen molar-refractivity contribution in [2.75, 3.05) is 0 Å². The van der Waals surface area contributed by atoms with E-state index in [9.17, 15) is 5.11 Å². The molecule has 1 saturated carbocycles. The minimum Gasteiger partial charge on any atom is -0.393 e. The maximum absolute atomic E-state index is 9.35. The van der Waals surface area contributed by atoms with Crippen molar-refractivity contribution in [2.45, 2.75) is 108 Å². The Kier molecular flexibility index (Phi) is 6.80. The molecule has 0 heterocycles. The topological polar surface area (TPSA) is 46.2 Å². The predicted octanol–water partition coefficient (Wildman–Crippen LogP) is 5.50. The van der Waals surface area contributed by atoms with E-state index in [1.165, 1.54) is 57.8 Å². The first kappa shape index (κ1) is 19.9. The highest BCUT2D eigenvalue weighted by Gasteiger charge is 2.35. The lowest BCUT2D eigenvalue weighted by Gasteiger charge is -2.26. The highest BCUT2D eigenvalue weighted by Crippen LogP contribution is 2.42. The highest BCUT2D eigenvalue weighted by molar-refractivity contribution is 5.36. The molecule has 0 bridgehead atoms. The maximum Gasteiger partial charge on any atom is 0.0512 e. The number of hydrogen-bond acceptors (Lipinski definition) is 2. The number of aryl methyl sites for hydroxylation is 1. The minimum atomic E-state index is -0.132. The Morgan fingerprint density at radius 3 is 2.77 bits per heavy atom. The Balaban J connectivity index is 1.50. The first-order valence-electron chi connectivity index (χ1n) is 11.1. The molecule has 0 radical (unpaired) electrons. The second kappa shape index (κ2) is 8.89. The average Bonchev–Trinajstić information content (AvgIpc) is 3.04. The van der Waals surface area contributed by atoms with Gasteiger partial charge in [-0.05, 0) is 86.8 Å². The van der Waals surface area contributed by atoms with Gasteiger partial charge in [0.2, 0.25) is 0 Å². The van der Waals surface area contributed by atoms with Gasteiger partial charge in [0.05, 0.1) is 6.10 Å². The summed E-state index contributed by atoms with van der Waals surface area (Å²) in [6.45, 7) is 4.13. The van der Waals surface area contributed by atoms with Gasteiger partial charge in [0.1, 0.15) is 0 Å². The number of fused-ring (bicyclic) bond motifs is 1. The van der Waals surface area contributed by atoms with Crippen LogP contribution in [-0.2, 0) is 12.8 Å². The molecule has 1 fully saturated rings. The lowest BCUT2D eigenvalue weighted by molar-refractivity contribution is 0.180. The first-order valence-corrected chi connectivity index (χ1v) is 11.1. The molecule has 2 nitrogen and oxygen atoms in total. The summed E-state index contributed by atoms with van der Waals surface area (Å²) in [5.41, 5.74) is 11.3. The van der Waals surface area contributed by atoms with Crippen molar-refractivity contribution < 1.29 is 5.11 Å². The highest BCUT2D eigenvalue weighted by atomic mass is 16.3. The summed E-state index contributed by atoms with van der Waals surface area (Å²) in [5, 5.41) is 9.35. The molecule has 2 heteroatoms. The molecule has 0 amide bonds. The van der Waals surface area contributed by atoms with Gasteiger partial charge in [0, 0.05) is 5.54 Å². The second-order valence-corrected chi connectivity index (χ2v) is 9.28. The molecule has 0 saturated heterocycles. The van der Waals surface area contributed by atoms with E-state index in [0.29, 0.717) is 5.92 Å². The summed E-state index contributed by atoms with van der Waals surface area (Å²) in [6, 6.07) is 7.34. The molecule has 1 aromatic rings. The number of aliphatic hydroxyl groups is 1. The fourth-order valence-electron chi connectivity index (χ4n) is 5.16. The van der Waals surface area contributed by atoms with Crippen molar-refractivity contribution in [1.82, 2.24) is 0 Å². The van der Waals surface area contributed by atoms with Gasteiger partial charge in [-0.3, -0.25) is 0 Å². The Morgan fingerprint density at radius 1 is 1.19 bits per heavy atom. The lowest BCUT2D eigenvalue weighted by atomic mass is 9.79. The molecule has 2 aliphatic carbocycles. The van der Waals surface area contributed by atoms with Crippen LogP contribution in [0.3, 0.4) is 0 Å². The van der Waals surface area contributed by atoms with Crippen molar-refractivity contribution in [2.24, 2.45) is 11.7 Å². The molecule has 1 aromatic carbocycles. The maximum atomic E-state index is 9.35. The number of aliphatic hydroxyl groups excluding tert-OH is 1. The third-order valence-corrected chi connectivity index (χ3v) is 7.11. The molecular formula is C24H39NO. The quantitative estimate of drug-likeness (QED) is 0.604. The van der Waals surface area contributed by atoms with Gasteiger partial charge < -0.3 is 10.8 Å². The van der Waals surface area contributed by atoms with Gasteiger partial charge >= 0.3 is 0 Å². The lowest BCUT2D eigenvalue weighted by Crippen LogP contribution is -2.35. The van der Waals surface area contributed by atoms with E-state index in [4.69, 9.17) is 5.73 Å². The van der Waals surface area contributed by atoms with Crippen LogP contribution in [0.25, 0.3) is 0 Å². The van der Waals surface area contributed by atoms with Crippen molar-refractivity contribution in [3.63, 3.8) is 0 Å². The van der Waals surface area contributed by atoms with Crippen LogP contribution in [0, 0.1) is 5.92 Å². The van der Waals surface area contributed by atoms with Crippen LogP contribution in [0.5, 0.6) is 0 Å². The average molecular weight is 358 g/mol. The standard InChI is InChI=1S/C24H39NO/c1-3-24(25)14-13-23(17-24)22-12-11-20-15-19(9-10-21(20)16-22)8-6-4-5-7-18(2)26/h11-12,16,18-19,23,26H,3-10,13-15,17,25H2,1-2H3/t18-,19?,23+,24-/m1/s1. The van der Waals surface area contributed by atoms with Gasteiger partial charge in [-0.15, -0.1) is 0 Å². The van der Waals surface area contributed by atoms with E-state index in [1.807, 2.05) is 6.92 Å². The summed E-state index contributed by atoms with van der Waals surface area (Å²) in [5.74, 6) is 1.54. The second-order valence-electron chi connectivity index (χ2n) is 9.28. The molecular weight excluding hydrogens is 318 g/mol. The van der Waals surface area contributed by atoms with E-state index in [0.717, 1.165) is 25.2 Å². The van der Waals surface area contributed by atoms with Gasteiger partial charge in [0.25, 0.3) is 0 Å². The van der Waals surface area contributed by atoms with Crippen LogP contribution in [0.1, 0.15) is 101 Å². The molecule has 0 aliphatic heterocycles. The Bertz CT molecular complexity index is 582. The zero-order valence-corrected chi connectivity index (χ0v) is 17.0. The van der Waals surface area contributed by atoms with E-state index >= 15 is 0 Å². The summed E-state index contributed by atoms with van der Waals surface area (Å²) >= 11 is 0. The molecule has 146 valence electrons. The third kappa shape index (κ3) is 5.10. The number of rotatable bonds is 8. The fraction of sp³-hybridized carbons (Fsp3) is 0.750. The Morgan fingerprint density at radius 2 is 2.04 bits per heavy atom. The normalized spacial score (nSPS) is 29.5. The van der Waals surface area contributed by atoms with Crippen LogP contribution < -0.4 is 5.73 Å². The smallest absolute Gasteiger partial charge is 0.0512 e. The molecule has 0 spiro atoms. The largest absolute Gasteiger partial charge is 0.393 e. The predicted molar refractivity (Wildman–Crippen MR) is 111 cm³/mol. The molecule has 4 atom stereocenters. The van der Waals surface area contributed by atoms with Gasteiger partial charge in [-0.2, -0.15) is 0 Å². The minimum absolute atomic E-state index is 0.0828. The zero-order valence-electron chi connectivity index (χ0n) is 17.0. The SMILES string of the molecule is CC[C@@]1(N)CC[C@H](c2ccc3c(c2)CCC(CCCCC[C@@H](C)O)C3)C1. The van der Waals surface area contributed by atoms with E-state index in [1.54, 1.807) is 16.7 Å². The van der Waals surface area contributed by atoms with Crippen molar-refractivity contribution in [3.8, 4) is 0 Å². The van der Waals surface area contributed by atoms with E-state index < -0.39 is 0 Å². The monoisotopic (exact) mass is 357 g/mol. The summed E-state index contributed by atoms with van der Waals surface area (Å²) in [7, 11) is 0. The molecule has 0 aromatic heterocycles. The van der Waals surface area contributed by atoms with Crippen LogP contribution in [0.4, 0.5) is 0 Å². The summed E-state index contributed by atoms with van der Waals surface area (Å²) < 4.78 is 0. The molecule has 26 heavy (non-hydrogen) atoms. The number of benzene rings is 1. The summed E-state index contributed by atoms with van der Waals surface area (Å²) in [4.78, 5) is 0. The molecule has 3 N–H and O–H groups in total. The molecule has 1 unspecified atom stereocenters. The van der Waals surface area contributed by atoms with Gasteiger partial charge in [0.15, 0.2) is 0 Å². The van der Waals surface area contributed by atoms with Gasteiger partial charge in [-0.1, -0.05) is 50.8 Å². The summed E-state index contributed by atoms with van der Waals surface area (Å²) in [6.07, 6.45) is 14.5. The van der Waals surface area contributed by atoms with Crippen LogP contribution in [-0.4, -0.2) is 16.7 Å². The Labute approximate surface area is 160 Å². The molecule has 2 aliphatic rings. The third-order valence-electron chi connectivity index (χ3n) is 7.11.